The second-order valence-corrected chi connectivity index (χ2v) is 7.96. The summed E-state index contributed by atoms with van der Waals surface area (Å²) in [4.78, 5) is 17.2. The molecule has 2 heterocycles. The van der Waals surface area contributed by atoms with Gasteiger partial charge in [0.2, 0.25) is 5.91 Å². The van der Waals surface area contributed by atoms with E-state index in [0.29, 0.717) is 18.5 Å². The Labute approximate surface area is 157 Å². The maximum Gasteiger partial charge on any atom is 0.234 e. The van der Waals surface area contributed by atoms with Gasteiger partial charge in [0, 0.05) is 26.2 Å². The molecule has 1 aromatic rings. The van der Waals surface area contributed by atoms with Crippen LogP contribution in [-0.4, -0.2) is 73.7 Å². The number of ether oxygens (including phenoxy) is 1. The Morgan fingerprint density at radius 3 is 2.50 bits per heavy atom. The van der Waals surface area contributed by atoms with Gasteiger partial charge in [-0.1, -0.05) is 30.3 Å². The Bertz CT molecular complexity index is 570. The van der Waals surface area contributed by atoms with Crippen molar-refractivity contribution in [2.75, 3.05) is 39.8 Å². The van der Waals surface area contributed by atoms with Gasteiger partial charge < -0.3 is 10.1 Å². The van der Waals surface area contributed by atoms with Crippen LogP contribution < -0.4 is 5.32 Å². The first kappa shape index (κ1) is 19.3. The fourth-order valence-corrected chi connectivity index (χ4v) is 4.21. The molecule has 2 aliphatic rings. The van der Waals surface area contributed by atoms with Crippen LogP contribution in [0.4, 0.5) is 0 Å². The average molecular weight is 360 g/mol. The predicted molar refractivity (Wildman–Crippen MR) is 104 cm³/mol. The van der Waals surface area contributed by atoms with Crippen molar-refractivity contribution >= 4 is 5.91 Å². The van der Waals surface area contributed by atoms with Crippen molar-refractivity contribution < 1.29 is 9.53 Å². The van der Waals surface area contributed by atoms with E-state index >= 15 is 0 Å². The Morgan fingerprint density at radius 1 is 1.19 bits per heavy atom. The van der Waals surface area contributed by atoms with Crippen molar-refractivity contribution in [2.24, 2.45) is 0 Å². The number of hydrogen-bond acceptors (Lipinski definition) is 4. The normalized spacial score (nSPS) is 25.7. The summed E-state index contributed by atoms with van der Waals surface area (Å²) in [7, 11) is 1.74. The molecule has 2 atom stereocenters. The number of rotatable bonds is 6. The molecule has 2 saturated heterocycles. The third-order valence-electron chi connectivity index (χ3n) is 5.90. The number of methoxy groups -OCH3 is 1. The molecule has 0 bridgehead atoms. The summed E-state index contributed by atoms with van der Waals surface area (Å²) >= 11 is 0. The molecule has 2 fully saturated rings. The Balaban J connectivity index is 1.44. The van der Waals surface area contributed by atoms with Crippen molar-refractivity contribution in [3.8, 4) is 0 Å². The van der Waals surface area contributed by atoms with Crippen molar-refractivity contribution in [3.05, 3.63) is 35.9 Å². The van der Waals surface area contributed by atoms with E-state index < -0.39 is 0 Å². The lowest BCUT2D eigenvalue weighted by molar-refractivity contribution is -0.123. The van der Waals surface area contributed by atoms with E-state index in [9.17, 15) is 4.79 Å². The molecule has 0 aromatic heterocycles. The first-order valence-corrected chi connectivity index (χ1v) is 9.90. The highest BCUT2D eigenvalue weighted by atomic mass is 16.5. The molecule has 1 aromatic carbocycles. The molecule has 0 spiro atoms. The number of likely N-dealkylation sites (tertiary alicyclic amines) is 2. The minimum Gasteiger partial charge on any atom is -0.378 e. The molecule has 144 valence electrons. The second kappa shape index (κ2) is 8.98. The van der Waals surface area contributed by atoms with Crippen LogP contribution in [0.25, 0.3) is 0 Å². The first-order valence-electron chi connectivity index (χ1n) is 9.90. The SMILES string of the molecule is CO[C@H]1CN(C(C)C)C[C@@H]1NC(=O)CN1CCC(c2ccccc2)CC1. The molecule has 0 aliphatic carbocycles. The van der Waals surface area contributed by atoms with Crippen LogP contribution in [0.2, 0.25) is 0 Å². The number of nitrogens with one attached hydrogen (secondary N) is 1. The van der Waals surface area contributed by atoms with E-state index in [2.05, 4.69) is 59.3 Å². The molecule has 1 N–H and O–H groups in total. The maximum absolute atomic E-state index is 12.5. The number of hydrogen-bond donors (Lipinski definition) is 1. The third kappa shape index (κ3) is 4.84. The van der Waals surface area contributed by atoms with Crippen molar-refractivity contribution in [2.45, 2.75) is 50.8 Å². The summed E-state index contributed by atoms with van der Waals surface area (Å²) in [6.45, 7) is 8.62. The lowest BCUT2D eigenvalue weighted by atomic mass is 9.89. The van der Waals surface area contributed by atoms with E-state index in [1.165, 1.54) is 5.56 Å². The zero-order chi connectivity index (χ0) is 18.5. The molecule has 0 radical (unpaired) electrons. The maximum atomic E-state index is 12.5. The Morgan fingerprint density at radius 2 is 1.88 bits per heavy atom. The largest absolute Gasteiger partial charge is 0.378 e. The van der Waals surface area contributed by atoms with Crippen molar-refractivity contribution in [1.82, 2.24) is 15.1 Å². The monoisotopic (exact) mass is 359 g/mol. The van der Waals surface area contributed by atoms with Crippen LogP contribution in [0.1, 0.15) is 38.2 Å². The number of carbonyl (C=O) groups excluding carboxylic acids is 1. The first-order chi connectivity index (χ1) is 12.6. The van der Waals surface area contributed by atoms with Crippen LogP contribution >= 0.6 is 0 Å². The molecular formula is C21H33N3O2. The van der Waals surface area contributed by atoms with Gasteiger partial charge in [-0.05, 0) is 51.3 Å². The van der Waals surface area contributed by atoms with Crippen LogP contribution in [0.3, 0.4) is 0 Å². The fraction of sp³-hybridized carbons (Fsp3) is 0.667. The zero-order valence-corrected chi connectivity index (χ0v) is 16.4. The second-order valence-electron chi connectivity index (χ2n) is 7.96. The van der Waals surface area contributed by atoms with Gasteiger partial charge in [-0.3, -0.25) is 14.6 Å². The van der Waals surface area contributed by atoms with Gasteiger partial charge >= 0.3 is 0 Å². The van der Waals surface area contributed by atoms with Crippen molar-refractivity contribution in [3.63, 3.8) is 0 Å². The van der Waals surface area contributed by atoms with Crippen LogP contribution in [-0.2, 0) is 9.53 Å². The van der Waals surface area contributed by atoms with E-state index in [1.54, 1.807) is 7.11 Å². The number of nitrogens with zero attached hydrogens (tertiary/aromatic N) is 2. The topological polar surface area (TPSA) is 44.8 Å². The summed E-state index contributed by atoms with van der Waals surface area (Å²) in [5, 5.41) is 3.21. The van der Waals surface area contributed by atoms with E-state index in [4.69, 9.17) is 4.74 Å². The van der Waals surface area contributed by atoms with Crippen LogP contribution in [0.15, 0.2) is 30.3 Å². The molecule has 0 unspecified atom stereocenters. The van der Waals surface area contributed by atoms with Gasteiger partial charge in [0.1, 0.15) is 0 Å². The lowest BCUT2D eigenvalue weighted by Crippen LogP contribution is -2.48. The third-order valence-corrected chi connectivity index (χ3v) is 5.90. The number of carbonyl (C=O) groups is 1. The Hall–Kier alpha value is -1.43. The smallest absolute Gasteiger partial charge is 0.234 e. The average Bonchev–Trinajstić information content (AvgIpc) is 3.06. The van der Waals surface area contributed by atoms with E-state index in [1.807, 2.05) is 0 Å². The van der Waals surface area contributed by atoms with E-state index in [-0.39, 0.29) is 18.1 Å². The zero-order valence-electron chi connectivity index (χ0n) is 16.4. The van der Waals surface area contributed by atoms with Crippen LogP contribution in [0, 0.1) is 0 Å². The molecule has 5 nitrogen and oxygen atoms in total. The summed E-state index contributed by atoms with van der Waals surface area (Å²) in [5.41, 5.74) is 1.43. The van der Waals surface area contributed by atoms with Gasteiger partial charge in [-0.2, -0.15) is 0 Å². The molecular weight excluding hydrogens is 326 g/mol. The van der Waals surface area contributed by atoms with Gasteiger partial charge in [-0.25, -0.2) is 0 Å². The molecule has 2 aliphatic heterocycles. The van der Waals surface area contributed by atoms with Gasteiger partial charge in [0.05, 0.1) is 18.7 Å². The highest BCUT2D eigenvalue weighted by Crippen LogP contribution is 2.27. The number of amides is 1. The number of piperidine rings is 1. The molecule has 3 rings (SSSR count). The quantitative estimate of drug-likeness (QED) is 0.845. The van der Waals surface area contributed by atoms with E-state index in [0.717, 1.165) is 39.0 Å². The lowest BCUT2D eigenvalue weighted by Gasteiger charge is -2.32. The van der Waals surface area contributed by atoms with Gasteiger partial charge in [0.15, 0.2) is 0 Å². The summed E-state index contributed by atoms with van der Waals surface area (Å²) in [6.07, 6.45) is 2.34. The number of benzene rings is 1. The molecule has 0 saturated carbocycles. The highest BCUT2D eigenvalue weighted by Gasteiger charge is 2.35. The summed E-state index contributed by atoms with van der Waals surface area (Å²) in [5.74, 6) is 0.753. The minimum atomic E-state index is 0.0881. The standard InChI is InChI=1S/C21H33N3O2/c1-16(2)24-13-19(20(14-24)26-3)22-21(25)15-23-11-9-18(10-12-23)17-7-5-4-6-8-17/h4-8,16,18-20H,9-15H2,1-3H3,(H,22,25)/t19-,20-/m0/s1. The molecule has 26 heavy (non-hydrogen) atoms. The minimum absolute atomic E-state index is 0.0881. The molecule has 1 amide bonds. The van der Waals surface area contributed by atoms with Gasteiger partial charge in [0.25, 0.3) is 0 Å². The fourth-order valence-electron chi connectivity index (χ4n) is 4.21. The summed E-state index contributed by atoms with van der Waals surface area (Å²) in [6, 6.07) is 11.3. The van der Waals surface area contributed by atoms with Gasteiger partial charge in [-0.15, -0.1) is 0 Å². The predicted octanol–water partition coefficient (Wildman–Crippen LogP) is 2.09. The van der Waals surface area contributed by atoms with Crippen LogP contribution in [0.5, 0.6) is 0 Å². The van der Waals surface area contributed by atoms with Crippen molar-refractivity contribution in [1.29, 1.82) is 0 Å². The Kier molecular flexibility index (Phi) is 6.68. The summed E-state index contributed by atoms with van der Waals surface area (Å²) < 4.78 is 5.59. The highest BCUT2D eigenvalue weighted by molar-refractivity contribution is 5.78. The molecule has 5 heteroatoms.